The number of esters is 1. The van der Waals surface area contributed by atoms with Gasteiger partial charge in [0.1, 0.15) is 12.2 Å². The lowest BCUT2D eigenvalue weighted by Crippen LogP contribution is -2.11. The Kier molecular flexibility index (Phi) is 5.69. The number of hydrogen-bond acceptors (Lipinski definition) is 5. The fourth-order valence-corrected chi connectivity index (χ4v) is 1.57. The Balaban J connectivity index is 2.81. The second-order valence-electron chi connectivity index (χ2n) is 3.29. The van der Waals surface area contributed by atoms with E-state index in [-0.39, 0.29) is 0 Å². The number of ether oxygens (including phenoxy) is 2. The van der Waals surface area contributed by atoms with Crippen molar-refractivity contribution in [3.63, 3.8) is 0 Å². The molecule has 1 rings (SSSR count). The van der Waals surface area contributed by atoms with E-state index in [1.807, 2.05) is 13.2 Å². The molecule has 0 aliphatic heterocycles. The van der Waals surface area contributed by atoms with Gasteiger partial charge in [-0.15, -0.1) is 0 Å². The molecule has 0 saturated carbocycles. The van der Waals surface area contributed by atoms with Gasteiger partial charge in [0, 0.05) is 5.75 Å². The number of nitrogen functional groups attached to an aromatic ring is 1. The molecule has 0 aliphatic carbocycles. The normalized spacial score (nSPS) is 10.0. The molecule has 0 aliphatic rings. The molecular weight excluding hydrogens is 238 g/mol. The summed E-state index contributed by atoms with van der Waals surface area (Å²) >= 11 is 1.62. The lowest BCUT2D eigenvalue weighted by molar-refractivity contribution is 0.0526. The lowest BCUT2D eigenvalue weighted by atomic mass is 10.2. The van der Waals surface area contributed by atoms with Crippen LogP contribution in [0.2, 0.25) is 0 Å². The molecule has 0 unspecified atom stereocenters. The molecule has 0 amide bonds. The maximum atomic E-state index is 11.8. The molecule has 17 heavy (non-hydrogen) atoms. The molecule has 1 aromatic rings. The molecule has 0 spiro atoms. The van der Waals surface area contributed by atoms with E-state index in [1.54, 1.807) is 30.0 Å². The predicted octanol–water partition coefficient (Wildman–Crippen LogP) is 2.19. The summed E-state index contributed by atoms with van der Waals surface area (Å²) in [5.41, 5.74) is 6.60. The van der Waals surface area contributed by atoms with Crippen molar-refractivity contribution in [3.8, 4) is 5.75 Å². The Bertz CT molecular complexity index is 382. The number of anilines is 1. The van der Waals surface area contributed by atoms with Gasteiger partial charge in [0.15, 0.2) is 5.75 Å². The van der Waals surface area contributed by atoms with Gasteiger partial charge < -0.3 is 15.2 Å². The Morgan fingerprint density at radius 3 is 2.88 bits per heavy atom. The van der Waals surface area contributed by atoms with Gasteiger partial charge in [-0.05, 0) is 25.3 Å². The maximum absolute atomic E-state index is 11.8. The number of para-hydroxylation sites is 1. The minimum Gasteiger partial charge on any atom is -0.491 e. The van der Waals surface area contributed by atoms with Crippen molar-refractivity contribution in [2.24, 2.45) is 0 Å². The van der Waals surface area contributed by atoms with Crippen molar-refractivity contribution in [2.45, 2.75) is 6.92 Å². The third-order valence-electron chi connectivity index (χ3n) is 2.07. The first-order chi connectivity index (χ1) is 8.20. The Hall–Kier alpha value is -1.36. The van der Waals surface area contributed by atoms with Crippen LogP contribution >= 0.6 is 11.8 Å². The van der Waals surface area contributed by atoms with Crippen LogP contribution in [-0.2, 0) is 4.74 Å². The summed E-state index contributed by atoms with van der Waals surface area (Å²) < 4.78 is 10.5. The van der Waals surface area contributed by atoms with E-state index in [0.717, 1.165) is 5.75 Å². The molecule has 0 fully saturated rings. The van der Waals surface area contributed by atoms with E-state index >= 15 is 0 Å². The van der Waals surface area contributed by atoms with E-state index in [2.05, 4.69) is 0 Å². The van der Waals surface area contributed by atoms with Crippen molar-refractivity contribution >= 4 is 23.4 Å². The molecule has 2 N–H and O–H groups in total. The molecule has 5 heteroatoms. The molecular formula is C12H17NO3S. The number of hydrogen-bond donors (Lipinski definition) is 1. The van der Waals surface area contributed by atoms with Gasteiger partial charge in [-0.25, -0.2) is 4.79 Å². The van der Waals surface area contributed by atoms with Gasteiger partial charge in [0.25, 0.3) is 0 Å². The summed E-state index contributed by atoms with van der Waals surface area (Å²) in [4.78, 5) is 11.8. The smallest absolute Gasteiger partial charge is 0.342 e. The van der Waals surface area contributed by atoms with E-state index < -0.39 is 5.97 Å². The van der Waals surface area contributed by atoms with Crippen LogP contribution < -0.4 is 10.5 Å². The third kappa shape index (κ3) is 3.85. The lowest BCUT2D eigenvalue weighted by Gasteiger charge is -2.11. The van der Waals surface area contributed by atoms with Crippen molar-refractivity contribution in [1.29, 1.82) is 0 Å². The van der Waals surface area contributed by atoms with E-state index in [1.165, 1.54) is 0 Å². The summed E-state index contributed by atoms with van der Waals surface area (Å²) in [7, 11) is 0. The predicted molar refractivity (Wildman–Crippen MR) is 70.7 cm³/mol. The molecule has 4 nitrogen and oxygen atoms in total. The van der Waals surface area contributed by atoms with E-state index in [0.29, 0.717) is 30.2 Å². The monoisotopic (exact) mass is 255 g/mol. The topological polar surface area (TPSA) is 61.5 Å². The van der Waals surface area contributed by atoms with Crippen LogP contribution in [0.15, 0.2) is 18.2 Å². The summed E-state index contributed by atoms with van der Waals surface area (Å²) in [6.07, 6.45) is 1.96. The van der Waals surface area contributed by atoms with Crippen molar-refractivity contribution < 1.29 is 14.3 Å². The zero-order valence-corrected chi connectivity index (χ0v) is 10.9. The molecule has 94 valence electrons. The zero-order chi connectivity index (χ0) is 12.7. The second-order valence-corrected chi connectivity index (χ2v) is 4.27. The van der Waals surface area contributed by atoms with E-state index in [9.17, 15) is 4.79 Å². The average Bonchev–Trinajstić information content (AvgIpc) is 2.32. The molecule has 0 aromatic heterocycles. The standard InChI is InChI=1S/C12H17NO3S/c1-3-15-11-9(5-4-6-10(11)13)12(14)16-7-8-17-2/h4-6H,3,7-8,13H2,1-2H3. The molecule has 0 radical (unpaired) electrons. The SMILES string of the molecule is CCOc1c(N)cccc1C(=O)OCCSC. The quantitative estimate of drug-likeness (QED) is 0.479. The van der Waals surface area contributed by atoms with Crippen LogP contribution in [0, 0.1) is 0 Å². The number of carbonyl (C=O) groups is 1. The minimum atomic E-state index is -0.394. The van der Waals surface area contributed by atoms with Crippen LogP contribution in [-0.4, -0.2) is 31.2 Å². The number of thioether (sulfide) groups is 1. The molecule has 0 saturated heterocycles. The fourth-order valence-electron chi connectivity index (χ4n) is 1.32. The zero-order valence-electron chi connectivity index (χ0n) is 10.1. The van der Waals surface area contributed by atoms with Gasteiger partial charge in [0.2, 0.25) is 0 Å². The highest BCUT2D eigenvalue weighted by Gasteiger charge is 2.15. The van der Waals surface area contributed by atoms with Crippen LogP contribution in [0.5, 0.6) is 5.75 Å². The minimum absolute atomic E-state index is 0.382. The van der Waals surface area contributed by atoms with Gasteiger partial charge >= 0.3 is 5.97 Å². The maximum Gasteiger partial charge on any atom is 0.342 e. The number of benzene rings is 1. The number of nitrogens with two attached hydrogens (primary N) is 1. The van der Waals surface area contributed by atoms with Crippen molar-refractivity contribution in [1.82, 2.24) is 0 Å². The van der Waals surface area contributed by atoms with Crippen LogP contribution in [0.4, 0.5) is 5.69 Å². The van der Waals surface area contributed by atoms with Gasteiger partial charge in [-0.2, -0.15) is 11.8 Å². The van der Waals surface area contributed by atoms with Gasteiger partial charge in [-0.1, -0.05) is 6.07 Å². The Labute approximate surface area is 105 Å². The molecule has 1 aromatic carbocycles. The largest absolute Gasteiger partial charge is 0.491 e. The highest BCUT2D eigenvalue weighted by molar-refractivity contribution is 7.98. The first-order valence-electron chi connectivity index (χ1n) is 5.38. The summed E-state index contributed by atoms with van der Waals surface area (Å²) in [5.74, 6) is 0.789. The first-order valence-corrected chi connectivity index (χ1v) is 6.77. The van der Waals surface area contributed by atoms with Crippen LogP contribution in [0.25, 0.3) is 0 Å². The summed E-state index contributed by atoms with van der Waals surface area (Å²) in [6.45, 7) is 2.69. The summed E-state index contributed by atoms with van der Waals surface area (Å²) in [5, 5.41) is 0. The van der Waals surface area contributed by atoms with Crippen LogP contribution in [0.1, 0.15) is 17.3 Å². The molecule has 0 atom stereocenters. The van der Waals surface area contributed by atoms with Gasteiger partial charge in [-0.3, -0.25) is 0 Å². The van der Waals surface area contributed by atoms with E-state index in [4.69, 9.17) is 15.2 Å². The second kappa shape index (κ2) is 7.06. The molecule has 0 bridgehead atoms. The third-order valence-corrected chi connectivity index (χ3v) is 2.65. The summed E-state index contributed by atoms with van der Waals surface area (Å²) in [6, 6.07) is 5.06. The Morgan fingerprint density at radius 2 is 2.24 bits per heavy atom. The van der Waals surface area contributed by atoms with Crippen LogP contribution in [0.3, 0.4) is 0 Å². The van der Waals surface area contributed by atoms with Crippen molar-refractivity contribution in [2.75, 3.05) is 31.0 Å². The fraction of sp³-hybridized carbons (Fsp3) is 0.417. The first kappa shape index (κ1) is 13.7. The number of rotatable bonds is 6. The van der Waals surface area contributed by atoms with Gasteiger partial charge in [0.05, 0.1) is 12.3 Å². The van der Waals surface area contributed by atoms with Crippen molar-refractivity contribution in [3.05, 3.63) is 23.8 Å². The molecule has 0 heterocycles. The highest BCUT2D eigenvalue weighted by Crippen LogP contribution is 2.26. The number of carbonyl (C=O) groups excluding carboxylic acids is 1. The average molecular weight is 255 g/mol. The Morgan fingerprint density at radius 1 is 1.47 bits per heavy atom. The highest BCUT2D eigenvalue weighted by atomic mass is 32.2.